The molecule has 2 aromatic rings. The van der Waals surface area contributed by atoms with Gasteiger partial charge in [-0.05, 0) is 36.8 Å². The molecule has 7 nitrogen and oxygen atoms in total. The fourth-order valence-corrected chi connectivity index (χ4v) is 4.70. The molecule has 0 unspecified atom stereocenters. The number of nitrogens with one attached hydrogen (secondary N) is 1. The van der Waals surface area contributed by atoms with Crippen LogP contribution in [-0.2, 0) is 21.4 Å². The molecule has 29 heavy (non-hydrogen) atoms. The summed E-state index contributed by atoms with van der Waals surface area (Å²) in [6.07, 6.45) is 0. The molecule has 0 spiro atoms. The number of benzene rings is 2. The van der Waals surface area contributed by atoms with Crippen molar-refractivity contribution in [2.24, 2.45) is 0 Å². The van der Waals surface area contributed by atoms with Crippen LogP contribution >= 0.6 is 0 Å². The molecular weight excluding hydrogens is 390 g/mol. The number of aryl methyl sites for hydroxylation is 1. The van der Waals surface area contributed by atoms with Crippen molar-refractivity contribution < 1.29 is 18.0 Å². The highest BCUT2D eigenvalue weighted by Crippen LogP contribution is 2.18. The van der Waals surface area contributed by atoms with E-state index >= 15 is 0 Å². The minimum Gasteiger partial charge on any atom is -0.348 e. The number of rotatable bonds is 5. The molecule has 1 fully saturated rings. The van der Waals surface area contributed by atoms with E-state index in [9.17, 15) is 18.0 Å². The predicted molar refractivity (Wildman–Crippen MR) is 110 cm³/mol. The van der Waals surface area contributed by atoms with Gasteiger partial charge < -0.3 is 10.2 Å². The number of carbonyl (C=O) groups excluding carboxylic acids is 2. The van der Waals surface area contributed by atoms with Crippen LogP contribution < -0.4 is 5.32 Å². The van der Waals surface area contributed by atoms with Crippen LogP contribution in [-0.4, -0.2) is 55.6 Å². The molecule has 0 aromatic heterocycles. The number of sulfonamides is 1. The van der Waals surface area contributed by atoms with Crippen LogP contribution in [0.2, 0.25) is 0 Å². The Morgan fingerprint density at radius 2 is 1.66 bits per heavy atom. The van der Waals surface area contributed by atoms with Crippen LogP contribution in [0.1, 0.15) is 28.4 Å². The van der Waals surface area contributed by atoms with Gasteiger partial charge in [-0.2, -0.15) is 4.31 Å². The summed E-state index contributed by atoms with van der Waals surface area (Å²) in [4.78, 5) is 25.5. The normalized spacial score (nSPS) is 15.2. The van der Waals surface area contributed by atoms with Gasteiger partial charge in [-0.15, -0.1) is 0 Å². The first-order chi connectivity index (χ1) is 13.8. The first-order valence-electron chi connectivity index (χ1n) is 9.47. The van der Waals surface area contributed by atoms with Crippen LogP contribution in [0.25, 0.3) is 0 Å². The fourth-order valence-electron chi connectivity index (χ4n) is 3.28. The Labute approximate surface area is 171 Å². The van der Waals surface area contributed by atoms with Crippen molar-refractivity contribution in [2.75, 3.05) is 26.2 Å². The van der Waals surface area contributed by atoms with Crippen molar-refractivity contribution in [3.8, 4) is 0 Å². The Morgan fingerprint density at radius 1 is 1.00 bits per heavy atom. The second-order valence-corrected chi connectivity index (χ2v) is 9.04. The van der Waals surface area contributed by atoms with E-state index in [4.69, 9.17) is 0 Å². The molecule has 1 heterocycles. The summed E-state index contributed by atoms with van der Waals surface area (Å²) in [5, 5.41) is 2.84. The molecule has 1 aliphatic rings. The number of amides is 2. The van der Waals surface area contributed by atoms with Crippen molar-refractivity contribution in [3.05, 3.63) is 65.2 Å². The molecule has 1 saturated heterocycles. The third kappa shape index (κ3) is 5.02. The minimum atomic E-state index is -3.65. The Hall–Kier alpha value is -2.71. The first-order valence-corrected chi connectivity index (χ1v) is 10.9. The Bertz CT molecular complexity index is 995. The van der Waals surface area contributed by atoms with Gasteiger partial charge in [0.15, 0.2) is 0 Å². The van der Waals surface area contributed by atoms with E-state index in [2.05, 4.69) is 5.32 Å². The van der Waals surface area contributed by atoms with Gasteiger partial charge in [0.1, 0.15) is 0 Å². The molecule has 3 rings (SSSR count). The van der Waals surface area contributed by atoms with E-state index in [1.165, 1.54) is 35.5 Å². The van der Waals surface area contributed by atoms with Crippen LogP contribution in [0.4, 0.5) is 0 Å². The Balaban J connectivity index is 1.63. The summed E-state index contributed by atoms with van der Waals surface area (Å²) >= 11 is 0. The molecule has 0 radical (unpaired) electrons. The van der Waals surface area contributed by atoms with Gasteiger partial charge in [0.05, 0.1) is 4.90 Å². The quantitative estimate of drug-likeness (QED) is 0.807. The lowest BCUT2D eigenvalue weighted by molar-refractivity contribution is -0.129. The molecule has 1 aliphatic heterocycles. The van der Waals surface area contributed by atoms with Crippen LogP contribution in [0, 0.1) is 6.92 Å². The van der Waals surface area contributed by atoms with Gasteiger partial charge in [0.25, 0.3) is 5.91 Å². The summed E-state index contributed by atoms with van der Waals surface area (Å²) in [5.74, 6) is -0.311. The second kappa shape index (κ2) is 8.75. The van der Waals surface area contributed by atoms with Gasteiger partial charge in [-0.25, -0.2) is 8.42 Å². The average Bonchev–Trinajstić information content (AvgIpc) is 2.72. The molecule has 0 aliphatic carbocycles. The molecule has 1 N–H and O–H groups in total. The summed E-state index contributed by atoms with van der Waals surface area (Å²) in [6.45, 7) is 5.17. The highest BCUT2D eigenvalue weighted by molar-refractivity contribution is 7.89. The lowest BCUT2D eigenvalue weighted by Gasteiger charge is -2.33. The zero-order valence-electron chi connectivity index (χ0n) is 16.6. The summed E-state index contributed by atoms with van der Waals surface area (Å²) < 4.78 is 27.0. The number of carbonyl (C=O) groups is 2. The third-order valence-corrected chi connectivity index (χ3v) is 6.89. The number of hydrogen-bond acceptors (Lipinski definition) is 4. The molecule has 154 valence electrons. The molecule has 2 amide bonds. The Morgan fingerprint density at radius 3 is 2.24 bits per heavy atom. The topological polar surface area (TPSA) is 86.8 Å². The van der Waals surface area contributed by atoms with Gasteiger partial charge in [0, 0.05) is 45.2 Å². The molecule has 8 heteroatoms. The smallest absolute Gasteiger partial charge is 0.251 e. The van der Waals surface area contributed by atoms with E-state index in [1.807, 2.05) is 31.2 Å². The molecular formula is C21H25N3O4S. The Kier molecular flexibility index (Phi) is 6.34. The zero-order valence-corrected chi connectivity index (χ0v) is 17.4. The molecule has 2 aromatic carbocycles. The van der Waals surface area contributed by atoms with Crippen LogP contribution in [0.5, 0.6) is 0 Å². The summed E-state index contributed by atoms with van der Waals surface area (Å²) in [5.41, 5.74) is 2.52. The van der Waals surface area contributed by atoms with Crippen molar-refractivity contribution in [1.82, 2.24) is 14.5 Å². The molecule has 0 bridgehead atoms. The predicted octanol–water partition coefficient (Wildman–Crippen LogP) is 1.78. The number of piperazine rings is 1. The molecule has 0 saturated carbocycles. The van der Waals surface area contributed by atoms with E-state index in [1.54, 1.807) is 4.90 Å². The maximum atomic E-state index is 12.8. The van der Waals surface area contributed by atoms with E-state index in [-0.39, 0.29) is 29.8 Å². The van der Waals surface area contributed by atoms with Crippen LogP contribution in [0.3, 0.4) is 0 Å². The maximum Gasteiger partial charge on any atom is 0.251 e. The lowest BCUT2D eigenvalue weighted by Crippen LogP contribution is -2.49. The highest BCUT2D eigenvalue weighted by atomic mass is 32.2. The van der Waals surface area contributed by atoms with Crippen molar-refractivity contribution in [1.29, 1.82) is 0 Å². The zero-order chi connectivity index (χ0) is 21.0. The SMILES string of the molecule is CC(=O)N1CCN(S(=O)(=O)c2ccc(C(=O)NCc3cccc(C)c3)cc2)CC1. The number of nitrogens with zero attached hydrogens (tertiary/aromatic N) is 2. The largest absolute Gasteiger partial charge is 0.348 e. The first kappa shape index (κ1) is 21.0. The lowest BCUT2D eigenvalue weighted by atomic mass is 10.1. The van der Waals surface area contributed by atoms with Crippen molar-refractivity contribution in [2.45, 2.75) is 25.3 Å². The van der Waals surface area contributed by atoms with E-state index in [0.29, 0.717) is 25.2 Å². The average molecular weight is 416 g/mol. The van der Waals surface area contributed by atoms with Crippen molar-refractivity contribution in [3.63, 3.8) is 0 Å². The van der Waals surface area contributed by atoms with Gasteiger partial charge in [-0.1, -0.05) is 29.8 Å². The standard InChI is InChI=1S/C21H25N3O4S/c1-16-4-3-5-18(14-16)15-22-21(26)19-6-8-20(9-7-19)29(27,28)24-12-10-23(11-13-24)17(2)25/h3-9,14H,10-13,15H2,1-2H3,(H,22,26). The van der Waals surface area contributed by atoms with Gasteiger partial charge in [0.2, 0.25) is 15.9 Å². The minimum absolute atomic E-state index is 0.0527. The molecule has 0 atom stereocenters. The highest BCUT2D eigenvalue weighted by Gasteiger charge is 2.29. The second-order valence-electron chi connectivity index (χ2n) is 7.11. The van der Waals surface area contributed by atoms with Crippen molar-refractivity contribution >= 4 is 21.8 Å². The van der Waals surface area contributed by atoms with E-state index in [0.717, 1.165) is 11.1 Å². The maximum absolute atomic E-state index is 12.8. The third-order valence-electron chi connectivity index (χ3n) is 4.97. The summed E-state index contributed by atoms with van der Waals surface area (Å²) in [7, 11) is -3.65. The monoisotopic (exact) mass is 415 g/mol. The van der Waals surface area contributed by atoms with Gasteiger partial charge >= 0.3 is 0 Å². The van der Waals surface area contributed by atoms with E-state index < -0.39 is 10.0 Å². The summed E-state index contributed by atoms with van der Waals surface area (Å²) in [6, 6.07) is 13.8. The van der Waals surface area contributed by atoms with Crippen LogP contribution in [0.15, 0.2) is 53.4 Å². The number of hydrogen-bond donors (Lipinski definition) is 1. The fraction of sp³-hybridized carbons (Fsp3) is 0.333. The van der Waals surface area contributed by atoms with Gasteiger partial charge in [-0.3, -0.25) is 9.59 Å².